The van der Waals surface area contributed by atoms with E-state index in [2.05, 4.69) is 9.97 Å². The average Bonchev–Trinajstić information content (AvgIpc) is 2.15. The summed E-state index contributed by atoms with van der Waals surface area (Å²) in [4.78, 5) is 17.5. The first-order valence-electron chi connectivity index (χ1n) is 4.15. The number of nitrogens with two attached hydrogens (primary N) is 1. The Bertz CT molecular complexity index is 328. The normalized spacial score (nSPS) is 12.7. The molecule has 1 heterocycles. The molecule has 0 aliphatic carbocycles. The van der Waals surface area contributed by atoms with Crippen molar-refractivity contribution in [3.8, 4) is 0 Å². The third-order valence-electron chi connectivity index (χ3n) is 1.46. The monoisotopic (exact) mass is 215 g/mol. The van der Waals surface area contributed by atoms with Crippen LogP contribution in [0.1, 0.15) is 0 Å². The number of H-pyrrole nitrogens is 1. The molecular weight excluding hydrogens is 202 g/mol. The van der Waals surface area contributed by atoms with Crippen LogP contribution in [-0.4, -0.2) is 35.5 Å². The molecule has 0 aliphatic heterocycles. The number of hydrogen-bond donors (Lipinski definition) is 2. The summed E-state index contributed by atoms with van der Waals surface area (Å²) in [5, 5.41) is 0.587. The lowest BCUT2D eigenvalue weighted by atomic mass is 10.4. The van der Waals surface area contributed by atoms with Crippen molar-refractivity contribution >= 4 is 11.8 Å². The van der Waals surface area contributed by atoms with Gasteiger partial charge in [-0.25, -0.2) is 4.98 Å². The third kappa shape index (κ3) is 3.91. The zero-order valence-electron chi connectivity index (χ0n) is 7.90. The van der Waals surface area contributed by atoms with Crippen molar-refractivity contribution in [3.63, 3.8) is 0 Å². The molecule has 0 spiro atoms. The number of ether oxygens (including phenoxy) is 1. The van der Waals surface area contributed by atoms with Crippen LogP contribution in [0.3, 0.4) is 0 Å². The molecule has 1 atom stereocenters. The maximum atomic E-state index is 10.9. The van der Waals surface area contributed by atoms with Crippen molar-refractivity contribution in [1.29, 1.82) is 0 Å². The van der Waals surface area contributed by atoms with E-state index >= 15 is 0 Å². The van der Waals surface area contributed by atoms with Crippen molar-refractivity contribution in [2.45, 2.75) is 11.2 Å². The first kappa shape index (κ1) is 11.2. The van der Waals surface area contributed by atoms with Gasteiger partial charge in [0.05, 0.1) is 6.61 Å². The molecule has 1 rings (SSSR count). The predicted molar refractivity (Wildman–Crippen MR) is 55.4 cm³/mol. The Kier molecular flexibility index (Phi) is 4.64. The summed E-state index contributed by atoms with van der Waals surface area (Å²) in [6.45, 7) is 0.504. The second-order valence-corrected chi connectivity index (χ2v) is 3.77. The van der Waals surface area contributed by atoms with E-state index in [1.165, 1.54) is 24.0 Å². The molecule has 78 valence electrons. The third-order valence-corrected chi connectivity index (χ3v) is 2.54. The molecule has 0 saturated carbocycles. The van der Waals surface area contributed by atoms with E-state index in [1.807, 2.05) is 0 Å². The highest BCUT2D eigenvalue weighted by Crippen LogP contribution is 2.10. The lowest BCUT2D eigenvalue weighted by Gasteiger charge is -2.08. The number of rotatable bonds is 5. The van der Waals surface area contributed by atoms with Gasteiger partial charge in [0.25, 0.3) is 5.56 Å². The van der Waals surface area contributed by atoms with Crippen LogP contribution in [0.15, 0.2) is 22.2 Å². The molecule has 1 aromatic rings. The van der Waals surface area contributed by atoms with Gasteiger partial charge in [-0.05, 0) is 0 Å². The Morgan fingerprint density at radius 3 is 3.21 bits per heavy atom. The molecule has 6 heteroatoms. The molecule has 3 N–H and O–H groups in total. The van der Waals surface area contributed by atoms with Crippen LogP contribution < -0.4 is 11.3 Å². The van der Waals surface area contributed by atoms with Gasteiger partial charge >= 0.3 is 0 Å². The molecule has 1 aromatic heterocycles. The molecule has 14 heavy (non-hydrogen) atoms. The largest absolute Gasteiger partial charge is 0.383 e. The van der Waals surface area contributed by atoms with E-state index < -0.39 is 0 Å². The van der Waals surface area contributed by atoms with Crippen LogP contribution in [-0.2, 0) is 4.74 Å². The quantitative estimate of drug-likeness (QED) is 0.526. The van der Waals surface area contributed by atoms with E-state index in [-0.39, 0.29) is 11.6 Å². The molecular formula is C8H13N3O2S. The second kappa shape index (κ2) is 5.79. The summed E-state index contributed by atoms with van der Waals surface area (Å²) < 4.78 is 4.89. The van der Waals surface area contributed by atoms with Gasteiger partial charge in [-0.1, -0.05) is 11.8 Å². The van der Waals surface area contributed by atoms with E-state index in [0.29, 0.717) is 17.5 Å². The molecule has 5 nitrogen and oxygen atoms in total. The van der Waals surface area contributed by atoms with Crippen molar-refractivity contribution < 1.29 is 4.74 Å². The van der Waals surface area contributed by atoms with Gasteiger partial charge in [-0.2, -0.15) is 0 Å². The molecule has 0 aromatic carbocycles. The highest BCUT2D eigenvalue weighted by Gasteiger charge is 2.03. The van der Waals surface area contributed by atoms with Gasteiger partial charge in [0, 0.05) is 31.2 Å². The molecule has 0 amide bonds. The number of hydrogen-bond acceptors (Lipinski definition) is 5. The standard InChI is InChI=1S/C8H13N3O2S/c1-13-4-6(9)5-14-8-10-3-2-7(12)11-8/h2-3,6H,4-5,9H2,1H3,(H,10,11,12). The fourth-order valence-corrected chi connectivity index (χ4v) is 1.65. The summed E-state index contributed by atoms with van der Waals surface area (Å²) in [5.41, 5.74) is 5.55. The molecule has 0 saturated heterocycles. The highest BCUT2D eigenvalue weighted by molar-refractivity contribution is 7.99. The number of nitrogens with zero attached hydrogens (tertiary/aromatic N) is 1. The summed E-state index contributed by atoms with van der Waals surface area (Å²) in [5.74, 6) is 0.667. The molecule has 0 fully saturated rings. The zero-order chi connectivity index (χ0) is 10.4. The van der Waals surface area contributed by atoms with Crippen LogP contribution in [0.25, 0.3) is 0 Å². The summed E-state index contributed by atoms with van der Waals surface area (Å²) in [7, 11) is 1.60. The fraction of sp³-hybridized carbons (Fsp3) is 0.500. The number of aromatic amines is 1. The Hall–Kier alpha value is -0.850. The Morgan fingerprint density at radius 1 is 1.79 bits per heavy atom. The fourth-order valence-electron chi connectivity index (χ4n) is 0.874. The first-order valence-corrected chi connectivity index (χ1v) is 5.13. The lowest BCUT2D eigenvalue weighted by Crippen LogP contribution is -2.28. The number of nitrogens with one attached hydrogen (secondary N) is 1. The van der Waals surface area contributed by atoms with Gasteiger partial charge in [-0.15, -0.1) is 0 Å². The van der Waals surface area contributed by atoms with Crippen molar-refractivity contribution in [2.75, 3.05) is 19.5 Å². The number of methoxy groups -OCH3 is 1. The van der Waals surface area contributed by atoms with Crippen molar-refractivity contribution in [3.05, 3.63) is 22.6 Å². The van der Waals surface area contributed by atoms with Crippen LogP contribution in [0.5, 0.6) is 0 Å². The van der Waals surface area contributed by atoms with Crippen LogP contribution in [0, 0.1) is 0 Å². The van der Waals surface area contributed by atoms with Gasteiger partial charge in [-0.3, -0.25) is 4.79 Å². The minimum absolute atomic E-state index is 0.0458. The Morgan fingerprint density at radius 2 is 2.57 bits per heavy atom. The Labute approximate surface area is 86.1 Å². The average molecular weight is 215 g/mol. The van der Waals surface area contributed by atoms with Crippen LogP contribution >= 0.6 is 11.8 Å². The SMILES string of the molecule is COCC(N)CSc1nccc(=O)[nH]1. The van der Waals surface area contributed by atoms with Crippen LogP contribution in [0.4, 0.5) is 0 Å². The first-order chi connectivity index (χ1) is 6.72. The van der Waals surface area contributed by atoms with E-state index in [0.717, 1.165) is 0 Å². The second-order valence-electron chi connectivity index (χ2n) is 2.77. The van der Waals surface area contributed by atoms with Crippen molar-refractivity contribution in [1.82, 2.24) is 9.97 Å². The zero-order valence-corrected chi connectivity index (χ0v) is 8.71. The summed E-state index contributed by atoms with van der Waals surface area (Å²) in [6, 6.07) is 1.33. The Balaban J connectivity index is 2.41. The topological polar surface area (TPSA) is 81.0 Å². The van der Waals surface area contributed by atoms with Gasteiger partial charge < -0.3 is 15.5 Å². The van der Waals surface area contributed by atoms with Crippen molar-refractivity contribution in [2.24, 2.45) is 5.73 Å². The molecule has 0 bridgehead atoms. The van der Waals surface area contributed by atoms with Crippen LogP contribution in [0.2, 0.25) is 0 Å². The predicted octanol–water partition coefficient (Wildman–Crippen LogP) is -0.164. The van der Waals surface area contributed by atoms with E-state index in [4.69, 9.17) is 10.5 Å². The maximum absolute atomic E-state index is 10.9. The summed E-state index contributed by atoms with van der Waals surface area (Å²) in [6.07, 6.45) is 1.48. The van der Waals surface area contributed by atoms with Gasteiger partial charge in [0.1, 0.15) is 0 Å². The molecule has 0 radical (unpaired) electrons. The number of thioether (sulfide) groups is 1. The molecule has 0 aliphatic rings. The van der Waals surface area contributed by atoms with E-state index in [9.17, 15) is 4.79 Å². The van der Waals surface area contributed by atoms with Gasteiger partial charge in [0.2, 0.25) is 0 Å². The van der Waals surface area contributed by atoms with Gasteiger partial charge in [0.15, 0.2) is 5.16 Å². The lowest BCUT2D eigenvalue weighted by molar-refractivity contribution is 0.186. The van der Waals surface area contributed by atoms with E-state index in [1.54, 1.807) is 7.11 Å². The number of aromatic nitrogens is 2. The molecule has 1 unspecified atom stereocenters. The smallest absolute Gasteiger partial charge is 0.251 e. The highest BCUT2D eigenvalue weighted by atomic mass is 32.2. The minimum Gasteiger partial charge on any atom is -0.383 e. The summed E-state index contributed by atoms with van der Waals surface area (Å²) >= 11 is 1.41. The maximum Gasteiger partial charge on any atom is 0.251 e. The minimum atomic E-state index is -0.150.